The van der Waals surface area contributed by atoms with Crippen molar-refractivity contribution in [3.8, 4) is 0 Å². The highest BCUT2D eigenvalue weighted by atomic mass is 28.3. The molecule has 1 saturated heterocycles. The van der Waals surface area contributed by atoms with Crippen molar-refractivity contribution in [3.63, 3.8) is 0 Å². The summed E-state index contributed by atoms with van der Waals surface area (Å²) < 4.78 is 13.6. The number of hydrogen-bond acceptors (Lipinski definition) is 6. The van der Waals surface area contributed by atoms with E-state index in [-0.39, 0.29) is 23.3 Å². The molecular formula is C28H44N4O4Si. The molecule has 3 heterocycles. The summed E-state index contributed by atoms with van der Waals surface area (Å²) in [4.78, 5) is 32.7. The van der Waals surface area contributed by atoms with Crippen LogP contribution in [0.2, 0.25) is 25.7 Å². The number of piperidine rings is 1. The highest BCUT2D eigenvalue weighted by Gasteiger charge is 2.46. The van der Waals surface area contributed by atoms with Crippen LogP contribution in [-0.4, -0.2) is 65.7 Å². The van der Waals surface area contributed by atoms with E-state index in [2.05, 4.69) is 29.9 Å². The normalized spacial score (nSPS) is 19.6. The zero-order valence-corrected chi connectivity index (χ0v) is 24.6. The maximum Gasteiger partial charge on any atom is 0.410 e. The first kappa shape index (κ1) is 27.6. The van der Waals surface area contributed by atoms with E-state index in [0.717, 1.165) is 48.4 Å². The van der Waals surface area contributed by atoms with Crippen molar-refractivity contribution >= 4 is 36.7 Å². The van der Waals surface area contributed by atoms with Gasteiger partial charge in [-0.3, -0.25) is 4.79 Å². The molecule has 1 aliphatic carbocycles. The summed E-state index contributed by atoms with van der Waals surface area (Å²) in [7, 11) is -1.19. The average molecular weight is 529 g/mol. The van der Waals surface area contributed by atoms with Gasteiger partial charge in [-0.15, -0.1) is 0 Å². The number of pyridine rings is 1. The minimum absolute atomic E-state index is 0.0580. The SMILES string of the molecule is CC(C)(C)OC(=O)N1CCC[C@@H](Nc2ccnc3c2c(C(=O)C2(C)CC2)cn3COCC[Si](C)(C)C)C1. The third kappa shape index (κ3) is 6.93. The molecule has 1 amide bonds. The number of carbonyl (C=O) groups is 2. The van der Waals surface area contributed by atoms with E-state index in [0.29, 0.717) is 32.0 Å². The van der Waals surface area contributed by atoms with Crippen LogP contribution in [0, 0.1) is 5.41 Å². The summed E-state index contributed by atoms with van der Waals surface area (Å²) in [5.41, 5.74) is 1.53. The van der Waals surface area contributed by atoms with Gasteiger partial charge in [-0.1, -0.05) is 26.6 Å². The van der Waals surface area contributed by atoms with E-state index in [4.69, 9.17) is 9.47 Å². The molecule has 0 radical (unpaired) electrons. The van der Waals surface area contributed by atoms with E-state index >= 15 is 0 Å². The van der Waals surface area contributed by atoms with Gasteiger partial charge in [-0.2, -0.15) is 0 Å². The molecule has 0 unspecified atom stereocenters. The van der Waals surface area contributed by atoms with E-state index < -0.39 is 13.7 Å². The molecular weight excluding hydrogens is 484 g/mol. The molecule has 37 heavy (non-hydrogen) atoms. The topological polar surface area (TPSA) is 85.7 Å². The Balaban J connectivity index is 1.57. The van der Waals surface area contributed by atoms with Crippen LogP contribution in [0.25, 0.3) is 11.0 Å². The lowest BCUT2D eigenvalue weighted by Crippen LogP contribution is -2.47. The van der Waals surface area contributed by atoms with E-state index in [9.17, 15) is 9.59 Å². The second-order valence-corrected chi connectivity index (χ2v) is 18.8. The number of nitrogens with zero attached hydrogens (tertiary/aromatic N) is 3. The number of amides is 1. The number of nitrogens with one attached hydrogen (secondary N) is 1. The number of rotatable bonds is 9. The van der Waals surface area contributed by atoms with Crippen LogP contribution in [-0.2, 0) is 16.2 Å². The van der Waals surface area contributed by atoms with Gasteiger partial charge in [0.05, 0.1) is 5.39 Å². The Labute approximate surface area is 222 Å². The van der Waals surface area contributed by atoms with Crippen LogP contribution in [0.3, 0.4) is 0 Å². The highest BCUT2D eigenvalue weighted by molar-refractivity contribution is 6.76. The number of likely N-dealkylation sites (tertiary alicyclic amines) is 1. The van der Waals surface area contributed by atoms with Gasteiger partial charge in [0.1, 0.15) is 18.0 Å². The second-order valence-electron chi connectivity index (χ2n) is 13.2. The standard InChI is InChI=1S/C28H44N4O4Si/c1-27(2,3)36-26(34)31-14-8-9-20(17-31)30-22-10-13-29-25-23(22)21(24(33)28(4)11-12-28)18-32(25)19-35-15-16-37(5,6)7/h10,13,18,20H,8-9,11-12,14-17,19H2,1-7H3,(H,29,30)/t20-/m1/s1. The lowest BCUT2D eigenvalue weighted by atomic mass is 9.96. The Morgan fingerprint density at radius 3 is 2.62 bits per heavy atom. The first-order valence-electron chi connectivity index (χ1n) is 13.6. The first-order chi connectivity index (χ1) is 17.3. The van der Waals surface area contributed by atoms with E-state index in [1.54, 1.807) is 11.1 Å². The quantitative estimate of drug-likeness (QED) is 0.239. The summed E-state index contributed by atoms with van der Waals surface area (Å²) >= 11 is 0. The number of aromatic nitrogens is 2. The van der Waals surface area contributed by atoms with Gasteiger partial charge in [0.25, 0.3) is 0 Å². The number of anilines is 1. The number of ether oxygens (including phenoxy) is 2. The maximum atomic E-state index is 13.6. The van der Waals surface area contributed by atoms with Gasteiger partial charge in [0.2, 0.25) is 0 Å². The molecule has 204 valence electrons. The summed E-state index contributed by atoms with van der Waals surface area (Å²) in [5.74, 6) is 0.174. The molecule has 1 N–H and O–H groups in total. The third-order valence-corrected chi connectivity index (χ3v) is 8.91. The monoisotopic (exact) mass is 528 g/mol. The molecule has 1 aliphatic heterocycles. The second kappa shape index (κ2) is 10.4. The number of ketones is 1. The van der Waals surface area contributed by atoms with Crippen LogP contribution in [0.1, 0.15) is 63.7 Å². The zero-order valence-electron chi connectivity index (χ0n) is 23.6. The van der Waals surface area contributed by atoms with E-state index in [1.807, 2.05) is 44.5 Å². The molecule has 2 aromatic heterocycles. The van der Waals surface area contributed by atoms with Gasteiger partial charge in [0.15, 0.2) is 5.78 Å². The molecule has 0 aromatic carbocycles. The van der Waals surface area contributed by atoms with Crippen molar-refractivity contribution < 1.29 is 19.1 Å². The number of hydrogen-bond donors (Lipinski definition) is 1. The highest BCUT2D eigenvalue weighted by Crippen LogP contribution is 2.49. The smallest absolute Gasteiger partial charge is 0.410 e. The predicted molar refractivity (Wildman–Crippen MR) is 150 cm³/mol. The summed E-state index contributed by atoms with van der Waals surface area (Å²) in [5, 5.41) is 4.50. The Morgan fingerprint density at radius 1 is 1.24 bits per heavy atom. The van der Waals surface area contributed by atoms with Crippen LogP contribution >= 0.6 is 0 Å². The maximum absolute atomic E-state index is 13.6. The van der Waals surface area contributed by atoms with Crippen LogP contribution < -0.4 is 5.32 Å². The minimum atomic E-state index is -1.19. The Hall–Kier alpha value is -2.39. The van der Waals surface area contributed by atoms with Crippen LogP contribution in [0.15, 0.2) is 18.5 Å². The van der Waals surface area contributed by atoms with Crippen molar-refractivity contribution in [2.45, 2.75) is 97.4 Å². The van der Waals surface area contributed by atoms with E-state index in [1.165, 1.54) is 0 Å². The fraction of sp³-hybridized carbons (Fsp3) is 0.679. The summed E-state index contributed by atoms with van der Waals surface area (Å²) in [6.07, 6.45) is 7.09. The predicted octanol–water partition coefficient (Wildman–Crippen LogP) is 6.14. The Kier molecular flexibility index (Phi) is 7.77. The molecule has 2 fully saturated rings. The average Bonchev–Trinajstić information content (AvgIpc) is 3.44. The fourth-order valence-corrected chi connectivity index (χ4v) is 5.45. The van der Waals surface area contributed by atoms with Crippen molar-refractivity contribution in [2.75, 3.05) is 25.0 Å². The zero-order chi connectivity index (χ0) is 27.0. The lowest BCUT2D eigenvalue weighted by Gasteiger charge is -2.35. The van der Waals surface area contributed by atoms with Gasteiger partial charge in [-0.05, 0) is 58.6 Å². The van der Waals surface area contributed by atoms with Crippen molar-refractivity contribution in [1.29, 1.82) is 0 Å². The minimum Gasteiger partial charge on any atom is -0.444 e. The third-order valence-electron chi connectivity index (χ3n) is 7.21. The van der Waals surface area contributed by atoms with Crippen LogP contribution in [0.5, 0.6) is 0 Å². The van der Waals surface area contributed by atoms with Crippen molar-refractivity contribution in [1.82, 2.24) is 14.5 Å². The number of fused-ring (bicyclic) bond motifs is 1. The number of Topliss-reactive ketones (excluding diaryl/α,β-unsaturated/α-hetero) is 1. The van der Waals surface area contributed by atoms with Crippen molar-refractivity contribution in [2.24, 2.45) is 5.41 Å². The largest absolute Gasteiger partial charge is 0.444 e. The van der Waals surface area contributed by atoms with Crippen molar-refractivity contribution in [3.05, 3.63) is 24.0 Å². The molecule has 8 nitrogen and oxygen atoms in total. The molecule has 2 aliphatic rings. The van der Waals surface area contributed by atoms with Gasteiger partial charge < -0.3 is 24.3 Å². The summed E-state index contributed by atoms with van der Waals surface area (Å²) in [6.45, 7) is 17.0. The molecule has 9 heteroatoms. The Morgan fingerprint density at radius 2 is 1.97 bits per heavy atom. The lowest BCUT2D eigenvalue weighted by molar-refractivity contribution is 0.0206. The summed E-state index contributed by atoms with van der Waals surface area (Å²) in [6, 6.07) is 3.09. The molecule has 0 spiro atoms. The van der Waals surface area contributed by atoms with Gasteiger partial charge >= 0.3 is 6.09 Å². The molecule has 0 bridgehead atoms. The number of carbonyl (C=O) groups excluding carboxylic acids is 2. The fourth-order valence-electron chi connectivity index (χ4n) is 4.69. The van der Waals surface area contributed by atoms with Gasteiger partial charge in [-0.25, -0.2) is 9.78 Å². The molecule has 1 saturated carbocycles. The molecule has 4 rings (SSSR count). The first-order valence-corrected chi connectivity index (χ1v) is 17.3. The molecule has 2 aromatic rings. The molecule has 1 atom stereocenters. The van der Waals surface area contributed by atoms with Crippen LogP contribution in [0.4, 0.5) is 10.5 Å². The van der Waals surface area contributed by atoms with Gasteiger partial charge in [0, 0.05) is 62.9 Å². The Bertz CT molecular complexity index is 1140.